The minimum Gasteiger partial charge on any atom is -0.337 e. The third-order valence-corrected chi connectivity index (χ3v) is 5.97. The Hall–Kier alpha value is -3.52. The number of hydrogen-bond acceptors (Lipinski definition) is 6. The fourth-order valence-electron chi connectivity index (χ4n) is 3.50. The molecule has 0 radical (unpaired) electrons. The summed E-state index contributed by atoms with van der Waals surface area (Å²) in [6.45, 7) is 1.63. The fraction of sp³-hybridized carbons (Fsp3) is 0.143. The number of benzene rings is 2. The first kappa shape index (κ1) is 17.6. The summed E-state index contributed by atoms with van der Waals surface area (Å²) < 4.78 is 5.25. The van der Waals surface area contributed by atoms with Crippen LogP contribution in [0.2, 0.25) is 0 Å². The van der Waals surface area contributed by atoms with E-state index in [1.807, 2.05) is 60.0 Å². The number of hydrogen-bond donors (Lipinski definition) is 1. The Bertz CT molecular complexity index is 1230. The third-order valence-electron chi connectivity index (χ3n) is 5.10. The van der Waals surface area contributed by atoms with Crippen molar-refractivity contribution in [1.82, 2.24) is 20.4 Å². The van der Waals surface area contributed by atoms with Crippen LogP contribution in [0, 0.1) is 0 Å². The topological polar surface area (TPSA) is 88.3 Å². The maximum Gasteiger partial charge on any atom is 0.325 e. The minimum atomic E-state index is -1.16. The Morgan fingerprint density at radius 2 is 1.93 bits per heavy atom. The number of urea groups is 1. The van der Waals surface area contributed by atoms with Crippen molar-refractivity contribution >= 4 is 34.0 Å². The molecule has 0 unspecified atom stereocenters. The largest absolute Gasteiger partial charge is 0.337 e. The summed E-state index contributed by atoms with van der Waals surface area (Å²) in [6.07, 6.45) is 0. The van der Waals surface area contributed by atoms with Crippen molar-refractivity contribution in [3.05, 3.63) is 71.4 Å². The SMILES string of the molecule is C[C@@]1(c2ccc3ccccc3c2)NC(=O)N(Cc2nc(-c3cccs3)no2)C1=O. The molecule has 144 valence electrons. The zero-order valence-electron chi connectivity index (χ0n) is 15.5. The van der Waals surface area contributed by atoms with Gasteiger partial charge in [-0.05, 0) is 40.8 Å². The highest BCUT2D eigenvalue weighted by Gasteiger charge is 2.49. The number of amides is 3. The molecule has 1 N–H and O–H groups in total. The molecule has 8 heteroatoms. The van der Waals surface area contributed by atoms with Gasteiger partial charge in [-0.15, -0.1) is 11.3 Å². The van der Waals surface area contributed by atoms with Crippen molar-refractivity contribution in [1.29, 1.82) is 0 Å². The molecule has 0 bridgehead atoms. The molecule has 0 spiro atoms. The van der Waals surface area contributed by atoms with Crippen molar-refractivity contribution in [3.63, 3.8) is 0 Å². The Labute approximate surface area is 170 Å². The zero-order chi connectivity index (χ0) is 20.0. The molecule has 1 aliphatic heterocycles. The van der Waals surface area contributed by atoms with Gasteiger partial charge in [0.05, 0.1) is 4.88 Å². The molecule has 5 rings (SSSR count). The van der Waals surface area contributed by atoms with Gasteiger partial charge in [0.25, 0.3) is 5.91 Å². The molecule has 1 fully saturated rings. The van der Waals surface area contributed by atoms with Crippen LogP contribution in [0.25, 0.3) is 21.5 Å². The molecule has 3 heterocycles. The Morgan fingerprint density at radius 1 is 1.10 bits per heavy atom. The van der Waals surface area contributed by atoms with Gasteiger partial charge in [-0.1, -0.05) is 47.6 Å². The van der Waals surface area contributed by atoms with Crippen LogP contribution in [0.4, 0.5) is 4.79 Å². The molecule has 4 aromatic rings. The highest BCUT2D eigenvalue weighted by molar-refractivity contribution is 7.13. The van der Waals surface area contributed by atoms with Crippen LogP contribution < -0.4 is 5.32 Å². The lowest BCUT2D eigenvalue weighted by atomic mass is 9.90. The predicted octanol–water partition coefficient (Wildman–Crippen LogP) is 3.92. The molecule has 29 heavy (non-hydrogen) atoms. The Morgan fingerprint density at radius 3 is 2.72 bits per heavy atom. The maximum absolute atomic E-state index is 13.2. The average molecular weight is 404 g/mol. The summed E-state index contributed by atoms with van der Waals surface area (Å²) in [5.41, 5.74) is -0.431. The molecular weight excluding hydrogens is 388 g/mol. The summed E-state index contributed by atoms with van der Waals surface area (Å²) in [6, 6.07) is 16.9. The molecule has 1 aliphatic rings. The molecule has 0 aliphatic carbocycles. The van der Waals surface area contributed by atoms with Crippen LogP contribution in [-0.2, 0) is 16.9 Å². The van der Waals surface area contributed by atoms with E-state index >= 15 is 0 Å². The van der Waals surface area contributed by atoms with Crippen molar-refractivity contribution in [2.75, 3.05) is 0 Å². The van der Waals surface area contributed by atoms with Crippen LogP contribution in [-0.4, -0.2) is 27.0 Å². The van der Waals surface area contributed by atoms with E-state index in [1.54, 1.807) is 6.92 Å². The maximum atomic E-state index is 13.2. The van der Waals surface area contributed by atoms with Crippen LogP contribution in [0.3, 0.4) is 0 Å². The predicted molar refractivity (Wildman–Crippen MR) is 108 cm³/mol. The number of carbonyl (C=O) groups excluding carboxylic acids is 2. The highest BCUT2D eigenvalue weighted by Crippen LogP contribution is 2.32. The zero-order valence-corrected chi connectivity index (χ0v) is 16.3. The normalized spacial score (nSPS) is 19.1. The van der Waals surface area contributed by atoms with Crippen molar-refractivity contribution in [3.8, 4) is 10.7 Å². The number of fused-ring (bicyclic) bond motifs is 1. The molecule has 1 saturated heterocycles. The number of aromatic nitrogens is 2. The van der Waals surface area contributed by atoms with Gasteiger partial charge >= 0.3 is 6.03 Å². The van der Waals surface area contributed by atoms with Crippen molar-refractivity contribution in [2.24, 2.45) is 0 Å². The lowest BCUT2D eigenvalue weighted by Gasteiger charge is -2.22. The first-order valence-electron chi connectivity index (χ1n) is 9.04. The van der Waals surface area contributed by atoms with E-state index in [2.05, 4.69) is 15.5 Å². The Kier molecular flexibility index (Phi) is 3.95. The van der Waals surface area contributed by atoms with E-state index in [0.717, 1.165) is 26.1 Å². The fourth-order valence-corrected chi connectivity index (χ4v) is 4.15. The van der Waals surface area contributed by atoms with Gasteiger partial charge in [-0.3, -0.25) is 9.69 Å². The van der Waals surface area contributed by atoms with E-state index < -0.39 is 11.6 Å². The first-order valence-corrected chi connectivity index (χ1v) is 9.92. The summed E-state index contributed by atoms with van der Waals surface area (Å²) in [5, 5.41) is 10.7. The molecular formula is C21H16N4O3S. The van der Waals surface area contributed by atoms with Gasteiger partial charge < -0.3 is 9.84 Å². The standard InChI is InChI=1S/C21H16N4O3S/c1-21(15-9-8-13-5-2-3-6-14(13)11-15)19(26)25(20(27)23-21)12-17-22-18(24-28-17)16-7-4-10-29-16/h2-11H,12H2,1H3,(H,23,27)/t21-/m0/s1. The number of nitrogens with one attached hydrogen (secondary N) is 1. The van der Waals surface area contributed by atoms with E-state index in [-0.39, 0.29) is 18.3 Å². The Balaban J connectivity index is 1.43. The molecule has 7 nitrogen and oxygen atoms in total. The summed E-state index contributed by atoms with van der Waals surface area (Å²) in [5.74, 6) is 0.299. The number of nitrogens with zero attached hydrogens (tertiary/aromatic N) is 3. The monoisotopic (exact) mass is 404 g/mol. The van der Waals surface area contributed by atoms with Gasteiger partial charge in [0, 0.05) is 0 Å². The second-order valence-corrected chi connectivity index (χ2v) is 7.95. The summed E-state index contributed by atoms with van der Waals surface area (Å²) >= 11 is 1.49. The van der Waals surface area contributed by atoms with Gasteiger partial charge in [0.1, 0.15) is 12.1 Å². The molecule has 0 saturated carbocycles. The van der Waals surface area contributed by atoms with Gasteiger partial charge in [-0.25, -0.2) is 4.79 Å². The van der Waals surface area contributed by atoms with E-state index in [9.17, 15) is 9.59 Å². The van der Waals surface area contributed by atoms with E-state index in [1.165, 1.54) is 11.3 Å². The van der Waals surface area contributed by atoms with Crippen molar-refractivity contribution < 1.29 is 14.1 Å². The number of imide groups is 1. The van der Waals surface area contributed by atoms with Gasteiger partial charge in [0.15, 0.2) is 0 Å². The number of rotatable bonds is 4. The summed E-state index contributed by atoms with van der Waals surface area (Å²) in [4.78, 5) is 32.0. The van der Waals surface area contributed by atoms with Crippen LogP contribution >= 0.6 is 11.3 Å². The molecule has 3 amide bonds. The average Bonchev–Trinajstić information content (AvgIpc) is 3.46. The molecule has 1 atom stereocenters. The quantitative estimate of drug-likeness (QED) is 0.521. The molecule has 2 aromatic heterocycles. The van der Waals surface area contributed by atoms with E-state index in [4.69, 9.17) is 4.52 Å². The van der Waals surface area contributed by atoms with Gasteiger partial charge in [-0.2, -0.15) is 4.98 Å². The minimum absolute atomic E-state index is 0.0772. The number of carbonyl (C=O) groups is 2. The molecule has 2 aromatic carbocycles. The smallest absolute Gasteiger partial charge is 0.325 e. The lowest BCUT2D eigenvalue weighted by Crippen LogP contribution is -2.40. The lowest BCUT2D eigenvalue weighted by molar-refractivity contribution is -0.131. The second-order valence-electron chi connectivity index (χ2n) is 7.00. The van der Waals surface area contributed by atoms with Crippen LogP contribution in [0.1, 0.15) is 18.4 Å². The van der Waals surface area contributed by atoms with Crippen molar-refractivity contribution in [2.45, 2.75) is 19.0 Å². The van der Waals surface area contributed by atoms with Crippen LogP contribution in [0.15, 0.2) is 64.5 Å². The van der Waals surface area contributed by atoms with E-state index in [0.29, 0.717) is 5.82 Å². The van der Waals surface area contributed by atoms with Gasteiger partial charge in [0.2, 0.25) is 11.7 Å². The second kappa shape index (κ2) is 6.52. The first-order chi connectivity index (χ1) is 14.0. The highest BCUT2D eigenvalue weighted by atomic mass is 32.1. The number of thiophene rings is 1. The van der Waals surface area contributed by atoms with Crippen LogP contribution in [0.5, 0.6) is 0 Å². The third kappa shape index (κ3) is 2.89. The summed E-state index contributed by atoms with van der Waals surface area (Å²) in [7, 11) is 0.